The molecular formula is C52H95NO5. The lowest BCUT2D eigenvalue weighted by Gasteiger charge is -2.24. The van der Waals surface area contributed by atoms with Gasteiger partial charge in [0, 0.05) is 6.42 Å². The van der Waals surface area contributed by atoms with Crippen LogP contribution in [-0.2, 0) is 14.3 Å². The number of allylic oxidation sites excluding steroid dienone is 8. The van der Waals surface area contributed by atoms with Crippen molar-refractivity contribution in [2.75, 3.05) is 6.61 Å². The molecule has 3 unspecified atom stereocenters. The van der Waals surface area contributed by atoms with Crippen LogP contribution in [0.15, 0.2) is 48.6 Å². The minimum absolute atomic E-state index is 0.0584. The van der Waals surface area contributed by atoms with Crippen LogP contribution < -0.4 is 5.32 Å². The predicted molar refractivity (Wildman–Crippen MR) is 250 cm³/mol. The van der Waals surface area contributed by atoms with Crippen LogP contribution in [0.5, 0.6) is 0 Å². The fourth-order valence-electron chi connectivity index (χ4n) is 7.37. The second-order valence-electron chi connectivity index (χ2n) is 16.9. The van der Waals surface area contributed by atoms with E-state index in [0.29, 0.717) is 19.3 Å². The molecule has 0 radical (unpaired) electrons. The Morgan fingerprint density at radius 3 is 1.41 bits per heavy atom. The molecule has 3 atom stereocenters. The van der Waals surface area contributed by atoms with E-state index in [2.05, 4.69) is 74.7 Å². The Labute approximate surface area is 359 Å². The van der Waals surface area contributed by atoms with Gasteiger partial charge in [-0.2, -0.15) is 0 Å². The number of esters is 1. The van der Waals surface area contributed by atoms with E-state index < -0.39 is 18.2 Å². The Hall–Kier alpha value is -2.18. The molecule has 6 heteroatoms. The normalized spacial score (nSPS) is 13.7. The Morgan fingerprint density at radius 2 is 0.897 bits per heavy atom. The molecule has 338 valence electrons. The molecule has 0 aromatic heterocycles. The van der Waals surface area contributed by atoms with Crippen LogP contribution in [0.1, 0.15) is 245 Å². The van der Waals surface area contributed by atoms with Crippen molar-refractivity contribution in [3.8, 4) is 0 Å². The number of aliphatic hydroxyl groups is 2. The van der Waals surface area contributed by atoms with Crippen LogP contribution in [0.2, 0.25) is 0 Å². The zero-order valence-corrected chi connectivity index (χ0v) is 38.4. The first-order chi connectivity index (χ1) is 28.5. The zero-order chi connectivity index (χ0) is 42.4. The molecule has 0 heterocycles. The summed E-state index contributed by atoms with van der Waals surface area (Å²) in [5, 5.41) is 23.7. The van der Waals surface area contributed by atoms with E-state index in [1.54, 1.807) is 0 Å². The molecule has 3 N–H and O–H groups in total. The van der Waals surface area contributed by atoms with Crippen LogP contribution in [0.25, 0.3) is 0 Å². The number of hydrogen-bond donors (Lipinski definition) is 3. The van der Waals surface area contributed by atoms with Crippen LogP contribution in [0.4, 0.5) is 0 Å². The molecule has 58 heavy (non-hydrogen) atoms. The molecule has 0 rings (SSSR count). The first-order valence-corrected chi connectivity index (χ1v) is 24.9. The standard InChI is InChI=1S/C52H95NO5/c1-4-7-10-13-16-19-22-23-24-25-26-27-28-30-33-36-39-42-45-52(57)58-48(43-40-37-34-31-21-18-15-12-9-6-3)46-51(56)53-49(47-54)50(55)44-41-38-35-32-29-20-17-14-11-8-5-2/h18,21-27,48-50,54-55H,4-17,19-20,28-47H2,1-3H3,(H,53,56)/b21-18-,23-22+,25-24+,27-26+. The van der Waals surface area contributed by atoms with Crippen molar-refractivity contribution in [1.29, 1.82) is 0 Å². The van der Waals surface area contributed by atoms with Crippen LogP contribution >= 0.6 is 0 Å². The highest BCUT2D eigenvalue weighted by Crippen LogP contribution is 2.17. The lowest BCUT2D eigenvalue weighted by atomic mass is 10.0. The summed E-state index contributed by atoms with van der Waals surface area (Å²) in [4.78, 5) is 26.0. The molecule has 0 spiro atoms. The summed E-state index contributed by atoms with van der Waals surface area (Å²) < 4.78 is 5.90. The van der Waals surface area contributed by atoms with Gasteiger partial charge >= 0.3 is 5.97 Å². The molecule has 0 aromatic rings. The van der Waals surface area contributed by atoms with E-state index in [-0.39, 0.29) is 24.9 Å². The third kappa shape index (κ3) is 40.6. The third-order valence-electron chi connectivity index (χ3n) is 11.2. The maximum absolute atomic E-state index is 13.1. The minimum Gasteiger partial charge on any atom is -0.462 e. The summed E-state index contributed by atoms with van der Waals surface area (Å²) in [6.07, 6.45) is 54.5. The topological polar surface area (TPSA) is 95.9 Å². The van der Waals surface area contributed by atoms with Crippen molar-refractivity contribution >= 4 is 11.9 Å². The molecular weight excluding hydrogens is 719 g/mol. The number of amides is 1. The Kier molecular flexibility index (Phi) is 44.2. The summed E-state index contributed by atoms with van der Waals surface area (Å²) >= 11 is 0. The minimum atomic E-state index is -0.793. The maximum atomic E-state index is 13.1. The molecule has 0 aromatic carbocycles. The highest BCUT2D eigenvalue weighted by molar-refractivity contribution is 5.77. The van der Waals surface area contributed by atoms with Crippen molar-refractivity contribution in [2.45, 2.75) is 264 Å². The maximum Gasteiger partial charge on any atom is 0.306 e. The Morgan fingerprint density at radius 1 is 0.500 bits per heavy atom. The van der Waals surface area contributed by atoms with Gasteiger partial charge in [0.05, 0.1) is 25.2 Å². The average molecular weight is 814 g/mol. The molecule has 0 aliphatic heterocycles. The number of ether oxygens (including phenoxy) is 1. The Bertz CT molecular complexity index is 1000. The second-order valence-corrected chi connectivity index (χ2v) is 16.9. The summed E-state index contributed by atoms with van der Waals surface area (Å²) in [5.41, 5.74) is 0. The van der Waals surface area contributed by atoms with Gasteiger partial charge in [-0.15, -0.1) is 0 Å². The molecule has 0 fully saturated rings. The quantitative estimate of drug-likeness (QED) is 0.0246. The van der Waals surface area contributed by atoms with Gasteiger partial charge < -0.3 is 20.3 Å². The number of hydrogen-bond acceptors (Lipinski definition) is 5. The third-order valence-corrected chi connectivity index (χ3v) is 11.2. The SMILES string of the molecule is CCCCC/C=C\CCCCCC(CC(=O)NC(CO)C(O)CCCCCCCCCCCCC)OC(=O)CCCCCCC/C=C/C=C/C=C/CCCCCCC. The van der Waals surface area contributed by atoms with Crippen LogP contribution in [0.3, 0.4) is 0 Å². The number of unbranched alkanes of at least 4 members (excludes halogenated alkanes) is 26. The highest BCUT2D eigenvalue weighted by atomic mass is 16.5. The van der Waals surface area contributed by atoms with E-state index in [4.69, 9.17) is 4.74 Å². The van der Waals surface area contributed by atoms with E-state index in [0.717, 1.165) is 89.9 Å². The van der Waals surface area contributed by atoms with Crippen molar-refractivity contribution in [2.24, 2.45) is 0 Å². The molecule has 0 saturated heterocycles. The molecule has 1 amide bonds. The van der Waals surface area contributed by atoms with Crippen molar-refractivity contribution < 1.29 is 24.5 Å². The van der Waals surface area contributed by atoms with Gasteiger partial charge in [0.25, 0.3) is 0 Å². The monoisotopic (exact) mass is 814 g/mol. The van der Waals surface area contributed by atoms with Crippen LogP contribution in [0, 0.1) is 0 Å². The smallest absolute Gasteiger partial charge is 0.306 e. The number of carbonyl (C=O) groups is 2. The number of carbonyl (C=O) groups excluding carboxylic acids is 2. The van der Waals surface area contributed by atoms with Crippen molar-refractivity contribution in [1.82, 2.24) is 5.32 Å². The average Bonchev–Trinajstić information content (AvgIpc) is 3.22. The number of rotatable bonds is 44. The lowest BCUT2D eigenvalue weighted by molar-refractivity contribution is -0.151. The van der Waals surface area contributed by atoms with Gasteiger partial charge in [-0.3, -0.25) is 9.59 Å². The molecule has 0 bridgehead atoms. The summed E-state index contributed by atoms with van der Waals surface area (Å²) in [7, 11) is 0. The predicted octanol–water partition coefficient (Wildman–Crippen LogP) is 14.7. The van der Waals surface area contributed by atoms with Gasteiger partial charge in [0.1, 0.15) is 6.10 Å². The summed E-state index contributed by atoms with van der Waals surface area (Å²) in [5.74, 6) is -0.512. The first kappa shape index (κ1) is 55.8. The lowest BCUT2D eigenvalue weighted by Crippen LogP contribution is -2.46. The molecule has 0 aliphatic carbocycles. The second kappa shape index (κ2) is 45.9. The van der Waals surface area contributed by atoms with Gasteiger partial charge in [-0.1, -0.05) is 204 Å². The molecule has 0 saturated carbocycles. The fraction of sp³-hybridized carbons (Fsp3) is 0.808. The first-order valence-electron chi connectivity index (χ1n) is 24.9. The fourth-order valence-corrected chi connectivity index (χ4v) is 7.37. The van der Waals surface area contributed by atoms with Gasteiger partial charge in [0.15, 0.2) is 0 Å². The van der Waals surface area contributed by atoms with Gasteiger partial charge in [-0.25, -0.2) is 0 Å². The molecule has 6 nitrogen and oxygen atoms in total. The summed E-state index contributed by atoms with van der Waals surface area (Å²) in [6, 6.07) is -0.708. The number of nitrogens with one attached hydrogen (secondary N) is 1. The van der Waals surface area contributed by atoms with Crippen LogP contribution in [-0.4, -0.2) is 46.9 Å². The van der Waals surface area contributed by atoms with E-state index in [9.17, 15) is 19.8 Å². The van der Waals surface area contributed by atoms with Gasteiger partial charge in [0.2, 0.25) is 5.91 Å². The van der Waals surface area contributed by atoms with E-state index in [1.165, 1.54) is 109 Å². The summed E-state index contributed by atoms with van der Waals surface area (Å²) in [6.45, 7) is 6.42. The Balaban J connectivity index is 4.56. The number of aliphatic hydroxyl groups excluding tert-OH is 2. The van der Waals surface area contributed by atoms with Crippen molar-refractivity contribution in [3.63, 3.8) is 0 Å². The van der Waals surface area contributed by atoms with E-state index in [1.807, 2.05) is 0 Å². The van der Waals surface area contributed by atoms with Crippen molar-refractivity contribution in [3.05, 3.63) is 48.6 Å². The highest BCUT2D eigenvalue weighted by Gasteiger charge is 2.24. The zero-order valence-electron chi connectivity index (χ0n) is 38.4. The largest absolute Gasteiger partial charge is 0.462 e. The van der Waals surface area contributed by atoms with Gasteiger partial charge in [-0.05, 0) is 77.0 Å². The molecule has 0 aliphatic rings. The van der Waals surface area contributed by atoms with E-state index >= 15 is 0 Å².